The Hall–Kier alpha value is -2.09. The molecule has 6 nitrogen and oxygen atoms in total. The third kappa shape index (κ3) is 4.31. The summed E-state index contributed by atoms with van der Waals surface area (Å²) in [6.45, 7) is 2.50. The van der Waals surface area contributed by atoms with Crippen molar-refractivity contribution in [1.29, 1.82) is 0 Å². The monoisotopic (exact) mass is 394 g/mol. The maximum Gasteiger partial charge on any atom is 0.176 e. The molecular weight excluding hydrogens is 379 g/mol. The van der Waals surface area contributed by atoms with Gasteiger partial charge in [-0.2, -0.15) is 10.2 Å². The van der Waals surface area contributed by atoms with Crippen molar-refractivity contribution in [2.45, 2.75) is 13.5 Å². The van der Waals surface area contributed by atoms with Crippen LogP contribution in [0.2, 0.25) is 10.0 Å². The summed E-state index contributed by atoms with van der Waals surface area (Å²) < 4.78 is 3.55. The Bertz CT molecular complexity index is 917. The molecule has 0 fully saturated rings. The number of halogens is 2. The number of thiocarbonyl (C=S) groups is 1. The van der Waals surface area contributed by atoms with E-state index < -0.39 is 0 Å². The van der Waals surface area contributed by atoms with Gasteiger partial charge in [-0.3, -0.25) is 9.36 Å². The lowest BCUT2D eigenvalue weighted by atomic mass is 10.2. The molecule has 25 heavy (non-hydrogen) atoms. The molecule has 0 aliphatic heterocycles. The first-order chi connectivity index (χ1) is 11.9. The fourth-order valence-corrected chi connectivity index (χ4v) is 2.91. The molecule has 0 bridgehead atoms. The van der Waals surface area contributed by atoms with Gasteiger partial charge in [0.2, 0.25) is 0 Å². The highest BCUT2D eigenvalue weighted by molar-refractivity contribution is 7.80. The van der Waals surface area contributed by atoms with Crippen LogP contribution in [0.1, 0.15) is 11.3 Å². The Morgan fingerprint density at radius 2 is 2.04 bits per heavy atom. The number of aromatic nitrogens is 4. The molecule has 9 heteroatoms. The first kappa shape index (κ1) is 17.7. The van der Waals surface area contributed by atoms with Gasteiger partial charge < -0.3 is 10.6 Å². The molecule has 0 unspecified atom stereocenters. The molecule has 1 aromatic carbocycles. The Balaban J connectivity index is 1.63. The fraction of sp³-hybridized carbons (Fsp3) is 0.188. The average molecular weight is 395 g/mol. The molecule has 0 radical (unpaired) electrons. The molecule has 0 saturated carbocycles. The van der Waals surface area contributed by atoms with Crippen molar-refractivity contribution in [3.05, 3.63) is 58.0 Å². The van der Waals surface area contributed by atoms with Crippen LogP contribution in [0.15, 0.2) is 36.7 Å². The molecule has 3 rings (SSSR count). The molecule has 0 spiro atoms. The maximum absolute atomic E-state index is 6.20. The quantitative estimate of drug-likeness (QED) is 0.652. The smallest absolute Gasteiger partial charge is 0.176 e. The van der Waals surface area contributed by atoms with Gasteiger partial charge >= 0.3 is 0 Å². The Morgan fingerprint density at radius 3 is 2.72 bits per heavy atom. The van der Waals surface area contributed by atoms with Crippen molar-refractivity contribution in [3.8, 4) is 0 Å². The van der Waals surface area contributed by atoms with Crippen LogP contribution in [0.25, 0.3) is 0 Å². The van der Waals surface area contributed by atoms with E-state index in [2.05, 4.69) is 20.8 Å². The highest BCUT2D eigenvalue weighted by Crippen LogP contribution is 2.22. The standard InChI is InChI=1S/C16H16Cl2N6S/c1-10-14(8-19-23(10)2)20-16(25)21-15-5-6-24(22-15)9-11-3-4-12(17)7-13(11)18/h3-8H,9H2,1-2H3,(H2,20,21,22,25). The molecule has 130 valence electrons. The van der Waals surface area contributed by atoms with Crippen LogP contribution >= 0.6 is 35.4 Å². The second kappa shape index (κ2) is 7.43. The van der Waals surface area contributed by atoms with E-state index in [9.17, 15) is 0 Å². The minimum absolute atomic E-state index is 0.450. The van der Waals surface area contributed by atoms with Crippen molar-refractivity contribution in [3.63, 3.8) is 0 Å². The van der Waals surface area contributed by atoms with Crippen molar-refractivity contribution < 1.29 is 0 Å². The third-order valence-corrected chi connectivity index (χ3v) is 4.50. The summed E-state index contributed by atoms with van der Waals surface area (Å²) in [5.74, 6) is 0.643. The normalized spacial score (nSPS) is 10.7. The lowest BCUT2D eigenvalue weighted by Crippen LogP contribution is -2.20. The molecule has 0 aliphatic carbocycles. The van der Waals surface area contributed by atoms with E-state index in [-0.39, 0.29) is 0 Å². The van der Waals surface area contributed by atoms with Gasteiger partial charge in [-0.1, -0.05) is 29.3 Å². The van der Waals surface area contributed by atoms with Crippen molar-refractivity contribution in [2.24, 2.45) is 7.05 Å². The first-order valence-corrected chi connectivity index (χ1v) is 8.63. The van der Waals surface area contributed by atoms with E-state index in [0.29, 0.717) is 27.5 Å². The van der Waals surface area contributed by atoms with Gasteiger partial charge in [0.25, 0.3) is 0 Å². The van der Waals surface area contributed by atoms with Crippen LogP contribution in [0, 0.1) is 6.92 Å². The van der Waals surface area contributed by atoms with Crippen LogP contribution in [0.4, 0.5) is 11.5 Å². The predicted molar refractivity (Wildman–Crippen MR) is 106 cm³/mol. The summed E-state index contributed by atoms with van der Waals surface area (Å²) in [5.41, 5.74) is 2.78. The summed E-state index contributed by atoms with van der Waals surface area (Å²) in [6.07, 6.45) is 3.58. The van der Waals surface area contributed by atoms with Gasteiger partial charge in [0.15, 0.2) is 10.9 Å². The van der Waals surface area contributed by atoms with E-state index in [4.69, 9.17) is 35.4 Å². The number of hydrogen-bond donors (Lipinski definition) is 2. The minimum atomic E-state index is 0.450. The highest BCUT2D eigenvalue weighted by atomic mass is 35.5. The van der Waals surface area contributed by atoms with E-state index in [1.54, 1.807) is 27.7 Å². The van der Waals surface area contributed by atoms with E-state index >= 15 is 0 Å². The van der Waals surface area contributed by atoms with E-state index in [1.165, 1.54) is 0 Å². The van der Waals surface area contributed by atoms with Gasteiger partial charge in [0, 0.05) is 29.4 Å². The van der Waals surface area contributed by atoms with Crippen LogP contribution in [0.3, 0.4) is 0 Å². The Kier molecular flexibility index (Phi) is 5.27. The number of rotatable bonds is 4. The number of nitrogens with zero attached hydrogens (tertiary/aromatic N) is 4. The molecule has 2 aromatic heterocycles. The summed E-state index contributed by atoms with van der Waals surface area (Å²) in [5, 5.41) is 16.4. The third-order valence-electron chi connectivity index (χ3n) is 3.71. The maximum atomic E-state index is 6.20. The minimum Gasteiger partial charge on any atom is -0.330 e. The second-order valence-corrected chi connectivity index (χ2v) is 6.73. The number of nitrogens with one attached hydrogen (secondary N) is 2. The number of benzene rings is 1. The highest BCUT2D eigenvalue weighted by Gasteiger charge is 2.08. The van der Waals surface area contributed by atoms with E-state index in [1.807, 2.05) is 32.3 Å². The lowest BCUT2D eigenvalue weighted by Gasteiger charge is -2.08. The summed E-state index contributed by atoms with van der Waals surface area (Å²) in [7, 11) is 1.88. The molecular formula is C16H16Cl2N6S. The zero-order chi connectivity index (χ0) is 18.0. The zero-order valence-corrected chi connectivity index (χ0v) is 16.0. The SMILES string of the molecule is Cc1c(NC(=S)Nc2ccn(Cc3ccc(Cl)cc3Cl)n2)cnn1C. The van der Waals surface area contributed by atoms with Gasteiger partial charge in [-0.15, -0.1) is 0 Å². The Morgan fingerprint density at radius 1 is 1.24 bits per heavy atom. The first-order valence-electron chi connectivity index (χ1n) is 7.46. The van der Waals surface area contributed by atoms with Crippen molar-refractivity contribution >= 4 is 52.0 Å². The fourth-order valence-electron chi connectivity index (χ4n) is 2.23. The van der Waals surface area contributed by atoms with E-state index in [0.717, 1.165) is 16.9 Å². The molecule has 3 aromatic rings. The average Bonchev–Trinajstić information content (AvgIpc) is 3.11. The van der Waals surface area contributed by atoms with Crippen LogP contribution in [-0.4, -0.2) is 24.7 Å². The van der Waals surface area contributed by atoms with Crippen LogP contribution < -0.4 is 10.6 Å². The summed E-state index contributed by atoms with van der Waals surface area (Å²) in [6, 6.07) is 7.25. The lowest BCUT2D eigenvalue weighted by molar-refractivity contribution is 0.690. The molecule has 0 atom stereocenters. The van der Waals surface area contributed by atoms with Gasteiger partial charge in [-0.05, 0) is 36.8 Å². The molecule has 0 amide bonds. The molecule has 2 heterocycles. The van der Waals surface area contributed by atoms with Crippen molar-refractivity contribution in [1.82, 2.24) is 19.6 Å². The van der Waals surface area contributed by atoms with Crippen LogP contribution in [0.5, 0.6) is 0 Å². The van der Waals surface area contributed by atoms with Crippen molar-refractivity contribution in [2.75, 3.05) is 10.6 Å². The Labute approximate surface area is 160 Å². The largest absolute Gasteiger partial charge is 0.330 e. The topological polar surface area (TPSA) is 59.7 Å². The molecule has 2 N–H and O–H groups in total. The summed E-state index contributed by atoms with van der Waals surface area (Å²) >= 11 is 17.4. The molecule has 0 saturated heterocycles. The number of anilines is 2. The molecule has 0 aliphatic rings. The zero-order valence-electron chi connectivity index (χ0n) is 13.6. The summed E-state index contributed by atoms with van der Waals surface area (Å²) in [4.78, 5) is 0. The van der Waals surface area contributed by atoms with Gasteiger partial charge in [0.1, 0.15) is 0 Å². The van der Waals surface area contributed by atoms with Gasteiger partial charge in [-0.25, -0.2) is 0 Å². The number of hydrogen-bond acceptors (Lipinski definition) is 3. The van der Waals surface area contributed by atoms with Gasteiger partial charge in [0.05, 0.1) is 24.1 Å². The number of aryl methyl sites for hydroxylation is 1. The second-order valence-electron chi connectivity index (χ2n) is 5.48. The van der Waals surface area contributed by atoms with Crippen LogP contribution in [-0.2, 0) is 13.6 Å². The predicted octanol–water partition coefficient (Wildman–Crippen LogP) is 4.09.